The number of hydrazine groups is 1. The first-order valence-electron chi connectivity index (χ1n) is 5.95. The van der Waals surface area contributed by atoms with Gasteiger partial charge < -0.3 is 4.74 Å². The molecule has 18 heavy (non-hydrogen) atoms. The largest absolute Gasteiger partial charge is 0.442 e. The number of carbonyl (C=O) groups excluding carboxylic acids is 1. The van der Waals surface area contributed by atoms with Crippen LogP contribution < -0.4 is 5.01 Å². The van der Waals surface area contributed by atoms with Crippen LogP contribution >= 0.6 is 11.5 Å². The minimum atomic E-state index is -0.484. The Morgan fingerprint density at radius 1 is 1.39 bits per heavy atom. The molecule has 1 fully saturated rings. The van der Waals surface area contributed by atoms with Crippen LogP contribution in [0.2, 0.25) is 0 Å². The van der Waals surface area contributed by atoms with Gasteiger partial charge in [0, 0.05) is 24.6 Å². The van der Waals surface area contributed by atoms with E-state index in [1.165, 1.54) is 11.5 Å². The molecule has 6 nitrogen and oxygen atoms in total. The van der Waals surface area contributed by atoms with Crippen LogP contribution in [0.3, 0.4) is 0 Å². The van der Waals surface area contributed by atoms with Crippen LogP contribution in [-0.4, -0.2) is 39.2 Å². The van der Waals surface area contributed by atoms with Crippen molar-refractivity contribution >= 4 is 22.8 Å². The zero-order chi connectivity index (χ0) is 13.3. The van der Waals surface area contributed by atoms with Crippen molar-refractivity contribution in [2.45, 2.75) is 39.7 Å². The number of hydrogen-bond donors (Lipinski definition) is 0. The summed E-state index contributed by atoms with van der Waals surface area (Å²) in [5.41, 5.74) is -0.484. The Balaban J connectivity index is 2.10. The van der Waals surface area contributed by atoms with Crippen molar-refractivity contribution < 1.29 is 9.53 Å². The highest BCUT2D eigenvalue weighted by Crippen LogP contribution is 2.25. The molecule has 0 aliphatic carbocycles. The highest BCUT2D eigenvalue weighted by molar-refractivity contribution is 7.09. The lowest BCUT2D eigenvalue weighted by molar-refractivity contribution is 0.0274. The minimum Gasteiger partial charge on any atom is -0.442 e. The molecule has 0 bridgehead atoms. The Morgan fingerprint density at radius 3 is 2.67 bits per heavy atom. The van der Waals surface area contributed by atoms with Crippen LogP contribution in [0.15, 0.2) is 0 Å². The van der Waals surface area contributed by atoms with Crippen molar-refractivity contribution in [2.75, 3.05) is 18.1 Å². The van der Waals surface area contributed by atoms with Gasteiger partial charge in [-0.3, -0.25) is 5.01 Å². The lowest BCUT2D eigenvalue weighted by Crippen LogP contribution is -2.44. The summed E-state index contributed by atoms with van der Waals surface area (Å²) >= 11 is 1.30. The second kappa shape index (κ2) is 4.72. The van der Waals surface area contributed by atoms with Gasteiger partial charge in [-0.15, -0.1) is 0 Å². The first-order chi connectivity index (χ1) is 8.37. The standard InChI is InChI=1S/C11H18N4O2S/c1-8-12-9(18-13-8)14-6-5-7-15(14)10(16)17-11(2,3)4/h5-7H2,1-4H3. The van der Waals surface area contributed by atoms with E-state index in [1.54, 1.807) is 5.01 Å². The van der Waals surface area contributed by atoms with E-state index in [-0.39, 0.29) is 6.09 Å². The fraction of sp³-hybridized carbons (Fsp3) is 0.727. The molecule has 1 aliphatic heterocycles. The van der Waals surface area contributed by atoms with E-state index in [0.29, 0.717) is 6.54 Å². The van der Waals surface area contributed by atoms with Crippen molar-refractivity contribution in [1.29, 1.82) is 0 Å². The third kappa shape index (κ3) is 2.90. The Kier molecular flexibility index (Phi) is 3.43. The van der Waals surface area contributed by atoms with Gasteiger partial charge in [0.05, 0.1) is 0 Å². The summed E-state index contributed by atoms with van der Waals surface area (Å²) in [5.74, 6) is 0.728. The van der Waals surface area contributed by atoms with E-state index in [1.807, 2.05) is 32.7 Å². The predicted octanol–water partition coefficient (Wildman–Crippen LogP) is 2.21. The predicted molar refractivity (Wildman–Crippen MR) is 69.5 cm³/mol. The number of aryl methyl sites for hydroxylation is 1. The van der Waals surface area contributed by atoms with Crippen LogP contribution in [0.25, 0.3) is 0 Å². The van der Waals surface area contributed by atoms with E-state index in [0.717, 1.165) is 23.9 Å². The number of nitrogens with zero attached hydrogens (tertiary/aromatic N) is 4. The molecule has 0 saturated carbocycles. The topological polar surface area (TPSA) is 58.6 Å². The molecular weight excluding hydrogens is 252 g/mol. The van der Waals surface area contributed by atoms with E-state index in [9.17, 15) is 4.79 Å². The highest BCUT2D eigenvalue weighted by atomic mass is 32.1. The molecule has 7 heteroatoms. The van der Waals surface area contributed by atoms with Gasteiger partial charge in [0.25, 0.3) is 0 Å². The fourth-order valence-corrected chi connectivity index (χ4v) is 2.42. The first kappa shape index (κ1) is 13.1. The van der Waals surface area contributed by atoms with Gasteiger partial charge in [0.2, 0.25) is 5.13 Å². The van der Waals surface area contributed by atoms with Crippen molar-refractivity contribution in [3.05, 3.63) is 5.82 Å². The molecule has 1 saturated heterocycles. The maximum atomic E-state index is 12.1. The molecule has 1 aromatic heterocycles. The lowest BCUT2D eigenvalue weighted by atomic mass is 10.2. The van der Waals surface area contributed by atoms with Crippen LogP contribution in [-0.2, 0) is 4.74 Å². The Bertz CT molecular complexity index is 440. The molecule has 100 valence electrons. The summed E-state index contributed by atoms with van der Waals surface area (Å²) in [6.45, 7) is 8.86. The van der Waals surface area contributed by atoms with Crippen molar-refractivity contribution in [3.63, 3.8) is 0 Å². The summed E-state index contributed by atoms with van der Waals surface area (Å²) in [7, 11) is 0. The molecule has 0 radical (unpaired) electrons. The molecule has 0 spiro atoms. The molecule has 0 aromatic carbocycles. The highest BCUT2D eigenvalue weighted by Gasteiger charge is 2.32. The van der Waals surface area contributed by atoms with Gasteiger partial charge in [-0.25, -0.2) is 14.8 Å². The quantitative estimate of drug-likeness (QED) is 0.783. The molecule has 0 atom stereocenters. The van der Waals surface area contributed by atoms with E-state index in [2.05, 4.69) is 9.36 Å². The van der Waals surface area contributed by atoms with Gasteiger partial charge in [-0.05, 0) is 34.1 Å². The van der Waals surface area contributed by atoms with Gasteiger partial charge in [0.1, 0.15) is 11.4 Å². The molecule has 2 rings (SSSR count). The Hall–Kier alpha value is -1.37. The normalized spacial score (nSPS) is 16.2. The molecule has 0 N–H and O–H groups in total. The average Bonchev–Trinajstić information content (AvgIpc) is 2.81. The van der Waals surface area contributed by atoms with Crippen molar-refractivity contribution in [2.24, 2.45) is 0 Å². The van der Waals surface area contributed by atoms with Gasteiger partial charge >= 0.3 is 6.09 Å². The molecule has 1 amide bonds. The van der Waals surface area contributed by atoms with E-state index >= 15 is 0 Å². The molecule has 1 aliphatic rings. The summed E-state index contributed by atoms with van der Waals surface area (Å²) in [4.78, 5) is 16.4. The van der Waals surface area contributed by atoms with E-state index in [4.69, 9.17) is 4.74 Å². The summed E-state index contributed by atoms with van der Waals surface area (Å²) < 4.78 is 9.52. The molecular formula is C11H18N4O2S. The number of anilines is 1. The van der Waals surface area contributed by atoms with Crippen molar-refractivity contribution in [1.82, 2.24) is 14.4 Å². The Labute approximate surface area is 111 Å². The number of hydrogen-bond acceptors (Lipinski definition) is 6. The summed E-state index contributed by atoms with van der Waals surface area (Å²) in [6.07, 6.45) is 0.588. The minimum absolute atomic E-state index is 0.326. The number of carbonyl (C=O) groups is 1. The third-order valence-electron chi connectivity index (χ3n) is 2.37. The fourth-order valence-electron chi connectivity index (χ4n) is 1.71. The SMILES string of the molecule is Cc1nsc(N2CCCN2C(=O)OC(C)(C)C)n1. The van der Waals surface area contributed by atoms with Gasteiger partial charge in [-0.2, -0.15) is 4.37 Å². The number of amides is 1. The molecule has 0 unspecified atom stereocenters. The van der Waals surface area contributed by atoms with Crippen LogP contribution in [0.4, 0.5) is 9.93 Å². The monoisotopic (exact) mass is 270 g/mol. The maximum absolute atomic E-state index is 12.1. The smallest absolute Gasteiger partial charge is 0.429 e. The van der Waals surface area contributed by atoms with Gasteiger partial charge in [-0.1, -0.05) is 0 Å². The second-order valence-electron chi connectivity index (χ2n) is 5.20. The average molecular weight is 270 g/mol. The Morgan fingerprint density at radius 2 is 2.11 bits per heavy atom. The summed E-state index contributed by atoms with van der Waals surface area (Å²) in [6, 6.07) is 0. The zero-order valence-corrected chi connectivity index (χ0v) is 12.0. The van der Waals surface area contributed by atoms with E-state index < -0.39 is 5.60 Å². The molecule has 2 heterocycles. The number of rotatable bonds is 1. The first-order valence-corrected chi connectivity index (χ1v) is 6.72. The number of ether oxygens (including phenoxy) is 1. The molecule has 1 aromatic rings. The van der Waals surface area contributed by atoms with Crippen LogP contribution in [0.1, 0.15) is 33.0 Å². The van der Waals surface area contributed by atoms with Gasteiger partial charge in [0.15, 0.2) is 0 Å². The second-order valence-corrected chi connectivity index (χ2v) is 5.93. The van der Waals surface area contributed by atoms with Crippen LogP contribution in [0.5, 0.6) is 0 Å². The number of aromatic nitrogens is 2. The lowest BCUT2D eigenvalue weighted by Gasteiger charge is -2.29. The third-order valence-corrected chi connectivity index (χ3v) is 3.19. The summed E-state index contributed by atoms with van der Waals surface area (Å²) in [5, 5.41) is 4.19. The zero-order valence-electron chi connectivity index (χ0n) is 11.1. The van der Waals surface area contributed by atoms with Crippen LogP contribution in [0, 0.1) is 6.92 Å². The maximum Gasteiger partial charge on any atom is 0.429 e. The van der Waals surface area contributed by atoms with Crippen molar-refractivity contribution in [3.8, 4) is 0 Å².